The number of aromatic nitrogens is 4. The number of aryl methyl sites for hydroxylation is 1. The fraction of sp³-hybridized carbons (Fsp3) is 0.273. The average Bonchev–Trinajstić information content (AvgIpc) is 2.77. The molecule has 0 fully saturated rings. The quantitative estimate of drug-likeness (QED) is 0.741. The summed E-state index contributed by atoms with van der Waals surface area (Å²) < 4.78 is 0. The van der Waals surface area contributed by atoms with Gasteiger partial charge in [-0.3, -0.25) is 0 Å². The molecule has 0 atom stereocenters. The molecule has 1 aliphatic heterocycles. The highest BCUT2D eigenvalue weighted by molar-refractivity contribution is 7.98. The summed E-state index contributed by atoms with van der Waals surface area (Å²) in [6.07, 6.45) is 1.71. The van der Waals surface area contributed by atoms with Gasteiger partial charge in [-0.15, -0.1) is 0 Å². The Balaban J connectivity index is 2.13. The van der Waals surface area contributed by atoms with Gasteiger partial charge in [0, 0.05) is 23.3 Å². The summed E-state index contributed by atoms with van der Waals surface area (Å²) in [7, 11) is 0. The van der Waals surface area contributed by atoms with Crippen molar-refractivity contribution in [3.63, 3.8) is 0 Å². The zero-order valence-corrected chi connectivity index (χ0v) is 10.7. The van der Waals surface area contributed by atoms with E-state index in [-0.39, 0.29) is 0 Å². The molecule has 0 bridgehead atoms. The van der Waals surface area contributed by atoms with Gasteiger partial charge in [-0.25, -0.2) is 19.9 Å². The fourth-order valence-electron chi connectivity index (χ4n) is 1.71. The van der Waals surface area contributed by atoms with Gasteiger partial charge in [0.2, 0.25) is 0 Å². The van der Waals surface area contributed by atoms with Crippen molar-refractivity contribution in [1.29, 1.82) is 0 Å². The lowest BCUT2D eigenvalue weighted by Crippen LogP contribution is -2.00. The molecule has 0 radical (unpaired) electrons. The van der Waals surface area contributed by atoms with Crippen molar-refractivity contribution >= 4 is 23.4 Å². The average molecular weight is 265 g/mol. The summed E-state index contributed by atoms with van der Waals surface area (Å²) in [5, 5.41) is 0.547. The number of hydrogen-bond acceptors (Lipinski definition) is 5. The monoisotopic (exact) mass is 264 g/mol. The van der Waals surface area contributed by atoms with Gasteiger partial charge in [0.1, 0.15) is 16.7 Å². The van der Waals surface area contributed by atoms with E-state index < -0.39 is 0 Å². The second kappa shape index (κ2) is 4.23. The van der Waals surface area contributed by atoms with Crippen LogP contribution >= 0.6 is 23.4 Å². The van der Waals surface area contributed by atoms with Crippen LogP contribution in [0.25, 0.3) is 11.5 Å². The molecule has 0 amide bonds. The second-order valence-corrected chi connectivity index (χ2v) is 5.09. The summed E-state index contributed by atoms with van der Waals surface area (Å²) in [5.41, 5.74) is 2.81. The van der Waals surface area contributed by atoms with Crippen LogP contribution in [-0.2, 0) is 11.5 Å². The molecular weight excluding hydrogens is 256 g/mol. The minimum absolute atomic E-state index is 0.547. The minimum Gasteiger partial charge on any atom is -0.242 e. The summed E-state index contributed by atoms with van der Waals surface area (Å²) >= 11 is 7.96. The normalized spacial score (nSPS) is 13.8. The van der Waals surface area contributed by atoms with E-state index in [9.17, 15) is 0 Å². The largest absolute Gasteiger partial charge is 0.242 e. The topological polar surface area (TPSA) is 51.6 Å². The Labute approximate surface area is 108 Å². The van der Waals surface area contributed by atoms with Crippen molar-refractivity contribution in [2.24, 2.45) is 0 Å². The Bertz CT molecular complexity index is 588. The molecule has 4 nitrogen and oxygen atoms in total. The van der Waals surface area contributed by atoms with Gasteiger partial charge in [0.15, 0.2) is 5.82 Å². The van der Waals surface area contributed by atoms with Crippen LogP contribution in [0.2, 0.25) is 5.15 Å². The third-order valence-corrected chi connectivity index (χ3v) is 3.82. The van der Waals surface area contributed by atoms with Gasteiger partial charge < -0.3 is 0 Å². The van der Waals surface area contributed by atoms with Gasteiger partial charge in [0.05, 0.1) is 5.69 Å². The highest BCUT2D eigenvalue weighted by Gasteiger charge is 2.19. The van der Waals surface area contributed by atoms with Gasteiger partial charge in [-0.05, 0) is 13.0 Å². The van der Waals surface area contributed by atoms with Gasteiger partial charge >= 0.3 is 0 Å². The molecule has 3 heterocycles. The number of thioether (sulfide) groups is 1. The SMILES string of the molecule is Cc1nccc(-c2nc(Cl)c3c(n2)CSC3)n1. The summed E-state index contributed by atoms with van der Waals surface area (Å²) in [6.45, 7) is 1.84. The lowest BCUT2D eigenvalue weighted by atomic mass is 10.2. The first kappa shape index (κ1) is 10.9. The van der Waals surface area contributed by atoms with Crippen molar-refractivity contribution in [2.45, 2.75) is 18.4 Å². The van der Waals surface area contributed by atoms with E-state index in [2.05, 4.69) is 19.9 Å². The van der Waals surface area contributed by atoms with Crippen LogP contribution in [0.5, 0.6) is 0 Å². The molecule has 86 valence electrons. The number of nitrogens with zero attached hydrogens (tertiary/aromatic N) is 4. The molecule has 2 aromatic rings. The highest BCUT2D eigenvalue weighted by atomic mass is 35.5. The number of fused-ring (bicyclic) bond motifs is 1. The number of hydrogen-bond donors (Lipinski definition) is 0. The molecule has 17 heavy (non-hydrogen) atoms. The zero-order chi connectivity index (χ0) is 11.8. The van der Waals surface area contributed by atoms with E-state index >= 15 is 0 Å². The Morgan fingerprint density at radius 2 is 2.12 bits per heavy atom. The number of halogens is 1. The van der Waals surface area contributed by atoms with Crippen LogP contribution in [0.4, 0.5) is 0 Å². The van der Waals surface area contributed by atoms with Gasteiger partial charge in [-0.2, -0.15) is 11.8 Å². The Hall–Kier alpha value is -1.20. The maximum atomic E-state index is 6.16. The molecule has 0 spiro atoms. The van der Waals surface area contributed by atoms with Crippen LogP contribution < -0.4 is 0 Å². The maximum absolute atomic E-state index is 6.16. The molecule has 3 rings (SSSR count). The summed E-state index contributed by atoms with van der Waals surface area (Å²) in [5.74, 6) is 3.09. The van der Waals surface area contributed by atoms with Crippen molar-refractivity contribution < 1.29 is 0 Å². The van der Waals surface area contributed by atoms with Crippen molar-refractivity contribution in [3.8, 4) is 11.5 Å². The molecule has 0 N–H and O–H groups in total. The first-order chi connectivity index (χ1) is 8.24. The molecular formula is C11H9ClN4S. The van der Waals surface area contributed by atoms with Crippen LogP contribution in [0.1, 0.15) is 17.1 Å². The molecule has 1 aliphatic rings. The predicted molar refractivity (Wildman–Crippen MR) is 67.8 cm³/mol. The van der Waals surface area contributed by atoms with Crippen LogP contribution in [0, 0.1) is 6.92 Å². The van der Waals surface area contributed by atoms with Crippen LogP contribution in [0.15, 0.2) is 12.3 Å². The molecule has 0 saturated heterocycles. The Kier molecular flexibility index (Phi) is 2.72. The van der Waals surface area contributed by atoms with Crippen LogP contribution in [0.3, 0.4) is 0 Å². The Morgan fingerprint density at radius 3 is 2.94 bits per heavy atom. The van der Waals surface area contributed by atoms with E-state index in [1.807, 2.05) is 6.92 Å². The third-order valence-electron chi connectivity index (χ3n) is 2.53. The van der Waals surface area contributed by atoms with Crippen molar-refractivity contribution in [2.75, 3.05) is 0 Å². The highest BCUT2D eigenvalue weighted by Crippen LogP contribution is 2.33. The summed E-state index contributed by atoms with van der Waals surface area (Å²) in [4.78, 5) is 17.2. The van der Waals surface area contributed by atoms with E-state index in [1.54, 1.807) is 24.0 Å². The van der Waals surface area contributed by atoms with Crippen molar-refractivity contribution in [3.05, 3.63) is 34.5 Å². The Morgan fingerprint density at radius 1 is 1.24 bits per heavy atom. The zero-order valence-electron chi connectivity index (χ0n) is 9.14. The van der Waals surface area contributed by atoms with Crippen molar-refractivity contribution in [1.82, 2.24) is 19.9 Å². The maximum Gasteiger partial charge on any atom is 0.179 e. The van der Waals surface area contributed by atoms with E-state index in [1.165, 1.54) is 0 Å². The smallest absolute Gasteiger partial charge is 0.179 e. The van der Waals surface area contributed by atoms with Crippen LogP contribution in [-0.4, -0.2) is 19.9 Å². The number of rotatable bonds is 1. The van der Waals surface area contributed by atoms with E-state index in [0.29, 0.717) is 16.8 Å². The van der Waals surface area contributed by atoms with E-state index in [0.717, 1.165) is 28.5 Å². The third kappa shape index (κ3) is 2.00. The lowest BCUT2D eigenvalue weighted by Gasteiger charge is -2.04. The molecule has 2 aromatic heterocycles. The molecule has 0 aromatic carbocycles. The molecule has 0 unspecified atom stereocenters. The van der Waals surface area contributed by atoms with E-state index in [4.69, 9.17) is 11.6 Å². The lowest BCUT2D eigenvalue weighted by molar-refractivity contribution is 1.01. The van der Waals surface area contributed by atoms with Gasteiger partial charge in [0.25, 0.3) is 0 Å². The molecule has 6 heteroatoms. The van der Waals surface area contributed by atoms with Gasteiger partial charge in [-0.1, -0.05) is 11.6 Å². The fourth-order valence-corrected chi connectivity index (χ4v) is 3.08. The molecule has 0 saturated carbocycles. The standard InChI is InChI=1S/C11H9ClN4S/c1-6-13-3-2-8(14-6)11-15-9-5-17-4-7(9)10(12)16-11/h2-3H,4-5H2,1H3. The summed E-state index contributed by atoms with van der Waals surface area (Å²) in [6, 6.07) is 1.80. The first-order valence-electron chi connectivity index (χ1n) is 5.17. The minimum atomic E-state index is 0.547. The molecule has 0 aliphatic carbocycles. The second-order valence-electron chi connectivity index (χ2n) is 3.75. The predicted octanol–water partition coefficient (Wildman–Crippen LogP) is 2.64. The first-order valence-corrected chi connectivity index (χ1v) is 6.70.